The van der Waals surface area contributed by atoms with Crippen LogP contribution in [0.25, 0.3) is 0 Å². The Morgan fingerprint density at radius 1 is 1.36 bits per heavy atom. The van der Waals surface area contributed by atoms with Gasteiger partial charge in [-0.15, -0.1) is 11.3 Å². The van der Waals surface area contributed by atoms with Crippen LogP contribution in [0.2, 0.25) is 0 Å². The van der Waals surface area contributed by atoms with Gasteiger partial charge >= 0.3 is 5.97 Å². The molecule has 0 unspecified atom stereocenters. The standard InChI is InChI=1S/C15H18N2O3S2/c1-5-20-14(19)13-9(3)12(10(4)17-13)11(18)7-22-15-16-8(2)6-21-15/h6,17H,5,7H2,1-4H3. The first-order valence-corrected chi connectivity index (χ1v) is 8.75. The number of rotatable bonds is 6. The minimum absolute atomic E-state index is 0.0142. The molecule has 2 aromatic heterocycles. The predicted molar refractivity (Wildman–Crippen MR) is 88.1 cm³/mol. The number of hydrogen-bond acceptors (Lipinski definition) is 6. The molecular formula is C15H18N2O3S2. The van der Waals surface area contributed by atoms with Crippen LogP contribution in [0.1, 0.15) is 44.7 Å². The van der Waals surface area contributed by atoms with Gasteiger partial charge in [-0.05, 0) is 33.3 Å². The number of carbonyl (C=O) groups excluding carboxylic acids is 2. The number of ketones is 1. The van der Waals surface area contributed by atoms with Gasteiger partial charge in [-0.2, -0.15) is 0 Å². The number of hydrogen-bond donors (Lipinski definition) is 1. The summed E-state index contributed by atoms with van der Waals surface area (Å²) in [6, 6.07) is 0. The highest BCUT2D eigenvalue weighted by atomic mass is 32.2. The Balaban J connectivity index is 2.14. The van der Waals surface area contributed by atoms with Gasteiger partial charge in [-0.25, -0.2) is 9.78 Å². The number of Topliss-reactive ketones (excluding diaryl/α,β-unsaturated/α-hetero) is 1. The Morgan fingerprint density at radius 3 is 2.68 bits per heavy atom. The quantitative estimate of drug-likeness (QED) is 0.495. The second-order valence-corrected chi connectivity index (χ2v) is 6.89. The number of ether oxygens (including phenoxy) is 1. The van der Waals surface area contributed by atoms with E-state index < -0.39 is 5.97 Å². The van der Waals surface area contributed by atoms with Crippen LogP contribution >= 0.6 is 23.1 Å². The summed E-state index contributed by atoms with van der Waals surface area (Å²) >= 11 is 2.95. The summed E-state index contributed by atoms with van der Waals surface area (Å²) in [7, 11) is 0. The monoisotopic (exact) mass is 338 g/mol. The second kappa shape index (κ2) is 7.11. The van der Waals surface area contributed by atoms with Gasteiger partial charge in [0.25, 0.3) is 0 Å². The Kier molecular flexibility index (Phi) is 5.42. The number of H-pyrrole nitrogens is 1. The molecule has 1 N–H and O–H groups in total. The number of thioether (sulfide) groups is 1. The van der Waals surface area contributed by atoms with E-state index in [1.165, 1.54) is 23.1 Å². The first-order valence-electron chi connectivity index (χ1n) is 6.88. The minimum Gasteiger partial charge on any atom is -0.461 e. The molecule has 0 radical (unpaired) electrons. The predicted octanol–water partition coefficient (Wildman–Crippen LogP) is 3.55. The zero-order valence-corrected chi connectivity index (χ0v) is 14.6. The Morgan fingerprint density at radius 2 is 2.09 bits per heavy atom. The fourth-order valence-corrected chi connectivity index (χ4v) is 3.90. The van der Waals surface area contributed by atoms with E-state index in [0.717, 1.165) is 10.0 Å². The third-order valence-electron chi connectivity index (χ3n) is 3.12. The maximum Gasteiger partial charge on any atom is 0.355 e. The van der Waals surface area contributed by atoms with E-state index in [-0.39, 0.29) is 5.78 Å². The zero-order valence-electron chi connectivity index (χ0n) is 13.0. The van der Waals surface area contributed by atoms with Crippen LogP contribution in [-0.4, -0.2) is 34.1 Å². The van der Waals surface area contributed by atoms with Gasteiger partial charge in [-0.1, -0.05) is 11.8 Å². The molecule has 22 heavy (non-hydrogen) atoms. The second-order valence-electron chi connectivity index (χ2n) is 4.81. The molecule has 0 saturated heterocycles. The number of esters is 1. The lowest BCUT2D eigenvalue weighted by Crippen LogP contribution is -2.08. The van der Waals surface area contributed by atoms with Gasteiger partial charge < -0.3 is 9.72 Å². The van der Waals surface area contributed by atoms with Gasteiger partial charge in [-0.3, -0.25) is 4.79 Å². The van der Waals surface area contributed by atoms with E-state index in [1.807, 2.05) is 12.3 Å². The number of nitrogens with one attached hydrogen (secondary N) is 1. The van der Waals surface area contributed by atoms with Gasteiger partial charge in [0, 0.05) is 22.3 Å². The van der Waals surface area contributed by atoms with Crippen LogP contribution < -0.4 is 0 Å². The maximum absolute atomic E-state index is 12.4. The van der Waals surface area contributed by atoms with Crippen molar-refractivity contribution in [3.8, 4) is 0 Å². The van der Waals surface area contributed by atoms with E-state index in [4.69, 9.17) is 4.74 Å². The molecule has 0 fully saturated rings. The molecule has 0 aromatic carbocycles. The molecule has 0 spiro atoms. The number of aromatic nitrogens is 2. The lowest BCUT2D eigenvalue weighted by atomic mass is 10.1. The number of aromatic amines is 1. The van der Waals surface area contributed by atoms with Crippen molar-refractivity contribution in [3.05, 3.63) is 33.6 Å². The highest BCUT2D eigenvalue weighted by Crippen LogP contribution is 2.26. The van der Waals surface area contributed by atoms with Gasteiger partial charge in [0.15, 0.2) is 10.1 Å². The molecule has 0 bridgehead atoms. The van der Waals surface area contributed by atoms with E-state index in [2.05, 4.69) is 9.97 Å². The normalized spacial score (nSPS) is 10.7. The average Bonchev–Trinajstić information content (AvgIpc) is 3.00. The summed E-state index contributed by atoms with van der Waals surface area (Å²) in [6.45, 7) is 7.54. The van der Waals surface area contributed by atoms with Crippen molar-refractivity contribution in [2.75, 3.05) is 12.4 Å². The van der Waals surface area contributed by atoms with E-state index in [1.54, 1.807) is 20.8 Å². The summed E-state index contributed by atoms with van der Waals surface area (Å²) in [5.41, 5.74) is 3.23. The minimum atomic E-state index is -0.426. The first kappa shape index (κ1) is 16.8. The lowest BCUT2D eigenvalue weighted by molar-refractivity contribution is 0.0519. The van der Waals surface area contributed by atoms with Crippen molar-refractivity contribution in [2.45, 2.75) is 32.0 Å². The molecule has 0 saturated carbocycles. The number of carbonyl (C=O) groups is 2. The number of nitrogens with zero attached hydrogens (tertiary/aromatic N) is 1. The summed E-state index contributed by atoms with van der Waals surface area (Å²) in [4.78, 5) is 31.6. The molecule has 0 atom stereocenters. The molecule has 0 amide bonds. The van der Waals surface area contributed by atoms with Crippen LogP contribution in [0.3, 0.4) is 0 Å². The van der Waals surface area contributed by atoms with Gasteiger partial charge in [0.1, 0.15) is 5.69 Å². The Labute approximate surface area is 137 Å². The fourth-order valence-electron chi connectivity index (χ4n) is 2.17. The molecule has 7 heteroatoms. The van der Waals surface area contributed by atoms with Crippen molar-refractivity contribution >= 4 is 34.9 Å². The lowest BCUT2D eigenvalue weighted by Gasteiger charge is -2.02. The van der Waals surface area contributed by atoms with Crippen LogP contribution in [0.5, 0.6) is 0 Å². The zero-order chi connectivity index (χ0) is 16.3. The summed E-state index contributed by atoms with van der Waals surface area (Å²) < 4.78 is 5.87. The highest BCUT2D eigenvalue weighted by molar-refractivity contribution is 8.01. The van der Waals surface area contributed by atoms with Crippen molar-refractivity contribution in [2.24, 2.45) is 0 Å². The van der Waals surface area contributed by atoms with Crippen LogP contribution in [0.4, 0.5) is 0 Å². The molecule has 0 aliphatic carbocycles. The van der Waals surface area contributed by atoms with Crippen LogP contribution in [-0.2, 0) is 4.74 Å². The molecule has 2 rings (SSSR count). The summed E-state index contributed by atoms with van der Waals surface area (Å²) in [6.07, 6.45) is 0. The molecule has 2 heterocycles. The van der Waals surface area contributed by atoms with Crippen molar-refractivity contribution in [1.29, 1.82) is 0 Å². The maximum atomic E-state index is 12.4. The highest BCUT2D eigenvalue weighted by Gasteiger charge is 2.22. The molecule has 0 aliphatic heterocycles. The van der Waals surface area contributed by atoms with Crippen molar-refractivity contribution < 1.29 is 14.3 Å². The fraction of sp³-hybridized carbons (Fsp3) is 0.400. The molecular weight excluding hydrogens is 320 g/mol. The van der Waals surface area contributed by atoms with Crippen LogP contribution in [0.15, 0.2) is 9.72 Å². The van der Waals surface area contributed by atoms with E-state index in [9.17, 15) is 9.59 Å². The third-order valence-corrected chi connectivity index (χ3v) is 5.26. The summed E-state index contributed by atoms with van der Waals surface area (Å²) in [5, 5.41) is 1.96. The Bertz CT molecular complexity index is 704. The van der Waals surface area contributed by atoms with Crippen LogP contribution in [0, 0.1) is 20.8 Å². The largest absolute Gasteiger partial charge is 0.461 e. The summed E-state index contributed by atoms with van der Waals surface area (Å²) in [5.74, 6) is -0.139. The van der Waals surface area contributed by atoms with Crippen molar-refractivity contribution in [3.63, 3.8) is 0 Å². The van der Waals surface area contributed by atoms with E-state index >= 15 is 0 Å². The van der Waals surface area contributed by atoms with E-state index in [0.29, 0.717) is 34.9 Å². The molecule has 118 valence electrons. The molecule has 5 nitrogen and oxygen atoms in total. The number of thiazole rings is 1. The van der Waals surface area contributed by atoms with Gasteiger partial charge in [0.2, 0.25) is 0 Å². The molecule has 0 aliphatic rings. The number of aryl methyl sites for hydroxylation is 2. The third kappa shape index (κ3) is 3.59. The smallest absolute Gasteiger partial charge is 0.355 e. The Hall–Kier alpha value is -1.60. The first-order chi connectivity index (χ1) is 10.4. The SMILES string of the molecule is CCOC(=O)c1[nH]c(C)c(C(=O)CSc2nc(C)cs2)c1C. The van der Waals surface area contributed by atoms with Gasteiger partial charge in [0.05, 0.1) is 12.4 Å². The average molecular weight is 338 g/mol. The topological polar surface area (TPSA) is 72.1 Å². The van der Waals surface area contributed by atoms with Crippen molar-refractivity contribution in [1.82, 2.24) is 9.97 Å². The molecule has 2 aromatic rings.